The second-order valence-electron chi connectivity index (χ2n) is 15.4. The van der Waals surface area contributed by atoms with Crippen molar-refractivity contribution in [1.29, 1.82) is 0 Å². The van der Waals surface area contributed by atoms with Gasteiger partial charge in [0.05, 0.1) is 44.7 Å². The molecule has 0 bridgehead atoms. The summed E-state index contributed by atoms with van der Waals surface area (Å²) >= 11 is 2.79. The van der Waals surface area contributed by atoms with Crippen LogP contribution < -0.4 is 16.9 Å². The van der Waals surface area contributed by atoms with Crippen LogP contribution in [0.5, 0.6) is 0 Å². The third kappa shape index (κ3) is 9.15. The van der Waals surface area contributed by atoms with Gasteiger partial charge in [-0.2, -0.15) is 26.3 Å². The maximum atomic E-state index is 13.1. The second kappa shape index (κ2) is 13.8. The van der Waals surface area contributed by atoms with Crippen molar-refractivity contribution in [2.45, 2.75) is 129 Å². The quantitative estimate of drug-likeness (QED) is 0.180. The molecule has 0 amide bonds. The Morgan fingerprint density at radius 3 is 1.12 bits per heavy atom. The standard InChI is InChI=1S/C13H17BF3NO2.C12H24B2O4.C7H5BrF3N/c1-11(2)12(3,4)20-14(19-11)10-6-5-8(18)7-9(10)13(15,16)17;1-9(2)10(3,4)16-13(15-9)14-17-11(5,6)12(7,8)18-14;8-6-2-1-4(12)3-5(6)7(9,10)11/h5-7H,18H2,1-4H3;1-8H3;1-3H,12H2. The SMILES string of the molecule is CC1(C)OB(B2OC(C)(C)C(C)(C)O2)OC1(C)C.CC1(C)OB(c2ccc(N)cc2C(F)(F)F)OC1(C)C.Nc1ccc(Br)c(C(F)(F)F)c1. The molecule has 2 aromatic carbocycles. The highest BCUT2D eigenvalue weighted by molar-refractivity contribution is 9.10. The first-order chi connectivity index (χ1) is 22.2. The third-order valence-corrected chi connectivity index (χ3v) is 10.6. The molecular formula is C32H46B3BrF6N2O6. The predicted octanol–water partition coefficient (Wildman–Crippen LogP) is 7.89. The molecule has 0 radical (unpaired) electrons. The first-order valence-electron chi connectivity index (χ1n) is 15.9. The summed E-state index contributed by atoms with van der Waals surface area (Å²) in [7, 11) is -2.01. The van der Waals surface area contributed by atoms with E-state index in [1.54, 1.807) is 27.7 Å². The number of hydrogen-bond acceptors (Lipinski definition) is 8. The van der Waals surface area contributed by atoms with Gasteiger partial charge in [-0.3, -0.25) is 0 Å². The van der Waals surface area contributed by atoms with Crippen LogP contribution in [0.1, 0.15) is 94.2 Å². The van der Waals surface area contributed by atoms with Crippen LogP contribution in [0.3, 0.4) is 0 Å². The number of halogens is 7. The molecule has 278 valence electrons. The minimum Gasteiger partial charge on any atom is -0.405 e. The van der Waals surface area contributed by atoms with Crippen LogP contribution in [-0.2, 0) is 40.3 Å². The van der Waals surface area contributed by atoms with Crippen molar-refractivity contribution >= 4 is 53.9 Å². The number of nitrogens with two attached hydrogens (primary N) is 2. The molecule has 0 saturated carbocycles. The molecule has 0 aliphatic carbocycles. The van der Waals surface area contributed by atoms with Gasteiger partial charge >= 0.3 is 33.5 Å². The molecule has 3 fully saturated rings. The zero-order valence-electron chi connectivity index (χ0n) is 30.4. The smallest absolute Gasteiger partial charge is 0.405 e. The van der Waals surface area contributed by atoms with E-state index in [-0.39, 0.29) is 43.7 Å². The first kappa shape index (κ1) is 42.5. The van der Waals surface area contributed by atoms with E-state index in [1.807, 2.05) is 55.4 Å². The minimum atomic E-state index is -4.51. The Kier molecular flexibility index (Phi) is 11.7. The van der Waals surface area contributed by atoms with Crippen molar-refractivity contribution in [3.05, 3.63) is 52.0 Å². The van der Waals surface area contributed by atoms with Crippen LogP contribution in [-0.4, -0.2) is 54.7 Å². The summed E-state index contributed by atoms with van der Waals surface area (Å²) in [6, 6.07) is 7.19. The molecule has 0 unspecified atom stereocenters. The Morgan fingerprint density at radius 1 is 0.500 bits per heavy atom. The lowest BCUT2D eigenvalue weighted by atomic mass is 9.49. The van der Waals surface area contributed by atoms with Crippen LogP contribution in [0.2, 0.25) is 0 Å². The van der Waals surface area contributed by atoms with Crippen molar-refractivity contribution in [3.63, 3.8) is 0 Å². The van der Waals surface area contributed by atoms with E-state index in [4.69, 9.17) is 39.4 Å². The lowest BCUT2D eigenvalue weighted by Crippen LogP contribution is -2.41. The van der Waals surface area contributed by atoms with Crippen molar-refractivity contribution in [2.24, 2.45) is 0 Å². The van der Waals surface area contributed by atoms with Gasteiger partial charge in [-0.15, -0.1) is 0 Å². The Morgan fingerprint density at radius 2 is 0.800 bits per heavy atom. The van der Waals surface area contributed by atoms with E-state index in [0.29, 0.717) is 0 Å². The highest BCUT2D eigenvalue weighted by atomic mass is 79.9. The second-order valence-corrected chi connectivity index (χ2v) is 16.3. The molecule has 2 aromatic rings. The van der Waals surface area contributed by atoms with Crippen LogP contribution in [0, 0.1) is 0 Å². The zero-order chi connectivity index (χ0) is 38.7. The van der Waals surface area contributed by atoms with Crippen molar-refractivity contribution in [2.75, 3.05) is 11.5 Å². The molecule has 0 spiro atoms. The largest absolute Gasteiger partial charge is 0.495 e. The van der Waals surface area contributed by atoms with Crippen molar-refractivity contribution in [3.8, 4) is 0 Å². The summed E-state index contributed by atoms with van der Waals surface area (Å²) in [6.45, 7) is 23.4. The molecule has 3 saturated heterocycles. The molecule has 0 atom stereocenters. The zero-order valence-corrected chi connectivity index (χ0v) is 32.0. The molecule has 0 aromatic heterocycles. The van der Waals surface area contributed by atoms with Gasteiger partial charge in [0.25, 0.3) is 0 Å². The van der Waals surface area contributed by atoms with E-state index >= 15 is 0 Å². The third-order valence-electron chi connectivity index (χ3n) is 9.95. The highest BCUT2D eigenvalue weighted by Crippen LogP contribution is 2.43. The number of nitrogen functional groups attached to an aromatic ring is 2. The van der Waals surface area contributed by atoms with E-state index in [1.165, 1.54) is 24.3 Å². The van der Waals surface area contributed by atoms with Gasteiger partial charge in [-0.1, -0.05) is 22.0 Å². The number of rotatable bonds is 2. The van der Waals surface area contributed by atoms with Gasteiger partial charge in [0.15, 0.2) is 0 Å². The summed E-state index contributed by atoms with van der Waals surface area (Å²) in [5.41, 5.74) is 6.36. The van der Waals surface area contributed by atoms with Crippen molar-refractivity contribution in [1.82, 2.24) is 0 Å². The molecular weight excluding hydrogens is 735 g/mol. The average Bonchev–Trinajstić information content (AvgIpc) is 3.38. The molecule has 3 heterocycles. The van der Waals surface area contributed by atoms with Gasteiger partial charge in [0, 0.05) is 15.8 Å². The van der Waals surface area contributed by atoms with Crippen LogP contribution in [0.15, 0.2) is 40.9 Å². The average molecular weight is 781 g/mol. The monoisotopic (exact) mass is 780 g/mol. The van der Waals surface area contributed by atoms with Gasteiger partial charge in [0.1, 0.15) is 0 Å². The normalized spacial score (nSPS) is 22.8. The molecule has 5 rings (SSSR count). The lowest BCUT2D eigenvalue weighted by Gasteiger charge is -2.32. The van der Waals surface area contributed by atoms with E-state index in [9.17, 15) is 26.3 Å². The van der Waals surface area contributed by atoms with Gasteiger partial charge in [0.2, 0.25) is 0 Å². The minimum absolute atomic E-state index is 0.00389. The van der Waals surface area contributed by atoms with Crippen molar-refractivity contribution < 1.29 is 54.3 Å². The number of benzene rings is 2. The predicted molar refractivity (Wildman–Crippen MR) is 187 cm³/mol. The lowest BCUT2D eigenvalue weighted by molar-refractivity contribution is -0.138. The summed E-state index contributed by atoms with van der Waals surface area (Å²) in [5.74, 6) is 0. The molecule has 18 heteroatoms. The fourth-order valence-corrected chi connectivity index (χ4v) is 5.23. The van der Waals surface area contributed by atoms with Gasteiger partial charge < -0.3 is 39.4 Å². The first-order valence-corrected chi connectivity index (χ1v) is 16.7. The van der Waals surface area contributed by atoms with E-state index in [0.717, 1.165) is 12.1 Å². The fourth-order valence-electron chi connectivity index (χ4n) is 4.75. The maximum Gasteiger partial charge on any atom is 0.495 e. The van der Waals surface area contributed by atoms with Gasteiger partial charge in [-0.25, -0.2) is 0 Å². The molecule has 3 aliphatic rings. The van der Waals surface area contributed by atoms with Gasteiger partial charge in [-0.05, 0) is 119 Å². The molecule has 50 heavy (non-hydrogen) atoms. The summed E-state index contributed by atoms with van der Waals surface area (Å²) in [6.07, 6.45) is -8.86. The number of hydrogen-bond donors (Lipinski definition) is 2. The summed E-state index contributed by atoms with van der Waals surface area (Å²) in [4.78, 5) is 0. The van der Waals surface area contributed by atoms with Crippen LogP contribution in [0.25, 0.3) is 0 Å². The Bertz CT molecular complexity index is 1460. The summed E-state index contributed by atoms with van der Waals surface area (Å²) < 4.78 is 111. The van der Waals surface area contributed by atoms with E-state index < -0.39 is 55.8 Å². The topological polar surface area (TPSA) is 107 Å². The molecule has 4 N–H and O–H groups in total. The number of alkyl halides is 6. The summed E-state index contributed by atoms with van der Waals surface area (Å²) in [5, 5.41) is 0. The van der Waals surface area contributed by atoms with Crippen LogP contribution >= 0.6 is 15.9 Å². The molecule has 3 aliphatic heterocycles. The Labute approximate surface area is 300 Å². The number of anilines is 2. The highest BCUT2D eigenvalue weighted by Gasteiger charge is 2.63. The Hall–Kier alpha value is -1.95. The molecule has 8 nitrogen and oxygen atoms in total. The fraction of sp³-hybridized carbons (Fsp3) is 0.625. The van der Waals surface area contributed by atoms with E-state index in [2.05, 4.69) is 15.9 Å². The maximum absolute atomic E-state index is 13.1. The Balaban J connectivity index is 0.000000209. The van der Waals surface area contributed by atoms with Crippen LogP contribution in [0.4, 0.5) is 37.7 Å².